The van der Waals surface area contributed by atoms with Crippen molar-refractivity contribution in [3.8, 4) is 5.75 Å². The van der Waals surface area contributed by atoms with Crippen LogP contribution >= 0.6 is 0 Å². The van der Waals surface area contributed by atoms with E-state index in [2.05, 4.69) is 10.5 Å². The summed E-state index contributed by atoms with van der Waals surface area (Å²) in [6.45, 7) is 0. The van der Waals surface area contributed by atoms with Crippen molar-refractivity contribution in [1.82, 2.24) is 5.43 Å². The van der Waals surface area contributed by atoms with E-state index >= 15 is 0 Å². The smallest absolute Gasteiger partial charge is 0.273 e. The normalized spacial score (nSPS) is 10.5. The molecule has 0 radical (unpaired) electrons. The van der Waals surface area contributed by atoms with Crippen LogP contribution in [0.15, 0.2) is 53.6 Å². The first-order valence-electron chi connectivity index (χ1n) is 6.79. The van der Waals surface area contributed by atoms with Crippen LogP contribution < -0.4 is 10.2 Å². The van der Waals surface area contributed by atoms with Crippen LogP contribution in [-0.2, 0) is 11.2 Å². The molecule has 118 valence electrons. The summed E-state index contributed by atoms with van der Waals surface area (Å²) in [5, 5.41) is 14.7. The first-order valence-corrected chi connectivity index (χ1v) is 6.79. The number of methoxy groups -OCH3 is 1. The van der Waals surface area contributed by atoms with Gasteiger partial charge in [-0.05, 0) is 12.1 Å². The number of carbonyl (C=O) groups excluding carboxylic acids is 1. The zero-order valence-corrected chi connectivity index (χ0v) is 12.4. The van der Waals surface area contributed by atoms with Crippen LogP contribution in [0.2, 0.25) is 0 Å². The number of nitro groups is 1. The van der Waals surface area contributed by atoms with Gasteiger partial charge in [-0.1, -0.05) is 30.3 Å². The van der Waals surface area contributed by atoms with Gasteiger partial charge in [0, 0.05) is 17.2 Å². The molecule has 0 aliphatic heterocycles. The van der Waals surface area contributed by atoms with Crippen molar-refractivity contribution in [3.05, 3.63) is 69.8 Å². The second-order valence-corrected chi connectivity index (χ2v) is 4.60. The number of rotatable bonds is 6. The van der Waals surface area contributed by atoms with Crippen molar-refractivity contribution >= 4 is 17.8 Å². The van der Waals surface area contributed by atoms with Gasteiger partial charge in [0.25, 0.3) is 5.69 Å². The third-order valence-electron chi connectivity index (χ3n) is 3.07. The largest absolute Gasteiger partial charge is 0.496 e. The van der Waals surface area contributed by atoms with E-state index in [1.807, 2.05) is 12.1 Å². The van der Waals surface area contributed by atoms with Crippen LogP contribution in [0.5, 0.6) is 5.75 Å². The van der Waals surface area contributed by atoms with Crippen molar-refractivity contribution in [2.45, 2.75) is 6.42 Å². The quantitative estimate of drug-likeness (QED) is 0.503. The molecule has 0 saturated heterocycles. The van der Waals surface area contributed by atoms with Crippen LogP contribution in [0.25, 0.3) is 0 Å². The maximum Gasteiger partial charge on any atom is 0.273 e. The van der Waals surface area contributed by atoms with E-state index in [0.717, 1.165) is 0 Å². The molecule has 0 aliphatic rings. The van der Waals surface area contributed by atoms with Crippen molar-refractivity contribution < 1.29 is 14.5 Å². The molecule has 0 bridgehead atoms. The zero-order chi connectivity index (χ0) is 16.7. The van der Waals surface area contributed by atoms with Gasteiger partial charge in [-0.3, -0.25) is 14.9 Å². The molecular weight excluding hydrogens is 298 g/mol. The van der Waals surface area contributed by atoms with Crippen LogP contribution in [0.1, 0.15) is 11.1 Å². The number of hydrogen-bond donors (Lipinski definition) is 1. The molecular formula is C16H15N3O4. The van der Waals surface area contributed by atoms with E-state index in [4.69, 9.17) is 4.74 Å². The molecule has 0 unspecified atom stereocenters. The van der Waals surface area contributed by atoms with Gasteiger partial charge in [-0.25, -0.2) is 5.43 Å². The molecule has 2 rings (SSSR count). The highest BCUT2D eigenvalue weighted by atomic mass is 16.6. The van der Waals surface area contributed by atoms with Crippen LogP contribution in [0.3, 0.4) is 0 Å². The van der Waals surface area contributed by atoms with E-state index in [1.54, 1.807) is 37.4 Å². The van der Waals surface area contributed by atoms with Gasteiger partial charge in [0.1, 0.15) is 5.75 Å². The van der Waals surface area contributed by atoms with Gasteiger partial charge in [-0.15, -0.1) is 0 Å². The number of hydrazone groups is 1. The summed E-state index contributed by atoms with van der Waals surface area (Å²) in [6.07, 6.45) is 1.33. The summed E-state index contributed by atoms with van der Waals surface area (Å²) in [4.78, 5) is 22.2. The van der Waals surface area contributed by atoms with E-state index in [9.17, 15) is 14.9 Å². The summed E-state index contributed by atoms with van der Waals surface area (Å²) in [6, 6.07) is 13.3. The van der Waals surface area contributed by atoms with Crippen molar-refractivity contribution in [2.75, 3.05) is 7.11 Å². The fourth-order valence-corrected chi connectivity index (χ4v) is 2.00. The molecule has 7 heteroatoms. The Hall–Kier alpha value is -3.22. The highest BCUT2D eigenvalue weighted by molar-refractivity contribution is 5.85. The Morgan fingerprint density at radius 1 is 1.26 bits per heavy atom. The van der Waals surface area contributed by atoms with E-state index in [0.29, 0.717) is 16.9 Å². The number of amides is 1. The highest BCUT2D eigenvalue weighted by Gasteiger charge is 2.14. The predicted octanol–water partition coefficient (Wildman–Crippen LogP) is 2.30. The zero-order valence-electron chi connectivity index (χ0n) is 12.4. The topological polar surface area (TPSA) is 93.8 Å². The SMILES string of the molecule is COc1ccccc1C=NNC(=O)Cc1ccccc1[N+](=O)[O-]. The average molecular weight is 313 g/mol. The molecule has 0 aliphatic carbocycles. The summed E-state index contributed by atoms with van der Waals surface area (Å²) in [5.41, 5.74) is 3.31. The first-order chi connectivity index (χ1) is 11.1. The Morgan fingerprint density at radius 2 is 1.96 bits per heavy atom. The molecule has 0 atom stereocenters. The van der Waals surface area contributed by atoms with E-state index in [1.165, 1.54) is 12.3 Å². The minimum atomic E-state index is -0.513. The lowest BCUT2D eigenvalue weighted by Gasteiger charge is -2.04. The minimum absolute atomic E-state index is 0.0867. The van der Waals surface area contributed by atoms with Crippen molar-refractivity contribution in [1.29, 1.82) is 0 Å². The minimum Gasteiger partial charge on any atom is -0.496 e. The van der Waals surface area contributed by atoms with Gasteiger partial charge in [-0.2, -0.15) is 5.10 Å². The molecule has 0 heterocycles. The van der Waals surface area contributed by atoms with Crippen LogP contribution in [0.4, 0.5) is 5.69 Å². The lowest BCUT2D eigenvalue weighted by molar-refractivity contribution is -0.385. The Labute approximate surface area is 132 Å². The molecule has 2 aromatic carbocycles. The number of ether oxygens (including phenoxy) is 1. The van der Waals surface area contributed by atoms with Gasteiger partial charge >= 0.3 is 0 Å². The standard InChI is InChI=1S/C16H15N3O4/c1-23-15-9-5-3-7-13(15)11-17-18-16(20)10-12-6-2-4-8-14(12)19(21)22/h2-9,11H,10H2,1H3,(H,18,20). The first kappa shape index (κ1) is 16.2. The number of benzene rings is 2. The van der Waals surface area contributed by atoms with Gasteiger partial charge in [0.05, 0.1) is 24.7 Å². The number of carbonyl (C=O) groups is 1. The summed E-state index contributed by atoms with van der Waals surface area (Å²) in [5.74, 6) is 0.189. The number of nitro benzene ring substituents is 1. The maximum absolute atomic E-state index is 11.9. The van der Waals surface area contributed by atoms with E-state index in [-0.39, 0.29) is 12.1 Å². The molecule has 0 saturated carbocycles. The fraction of sp³-hybridized carbons (Fsp3) is 0.125. The average Bonchev–Trinajstić information content (AvgIpc) is 2.55. The second kappa shape index (κ2) is 7.69. The lowest BCUT2D eigenvalue weighted by Crippen LogP contribution is -2.20. The van der Waals surface area contributed by atoms with Gasteiger partial charge in [0.2, 0.25) is 5.91 Å². The van der Waals surface area contributed by atoms with Crippen molar-refractivity contribution in [2.24, 2.45) is 5.10 Å². The fourth-order valence-electron chi connectivity index (χ4n) is 2.00. The summed E-state index contributed by atoms with van der Waals surface area (Å²) in [7, 11) is 1.54. The predicted molar refractivity (Wildman–Crippen MR) is 85.5 cm³/mol. The Balaban J connectivity index is 2.01. The van der Waals surface area contributed by atoms with Gasteiger partial charge < -0.3 is 4.74 Å². The maximum atomic E-state index is 11.9. The Kier molecular flexibility index (Phi) is 5.40. The molecule has 0 spiro atoms. The van der Waals surface area contributed by atoms with E-state index < -0.39 is 10.8 Å². The summed E-state index contributed by atoms with van der Waals surface area (Å²) < 4.78 is 5.16. The lowest BCUT2D eigenvalue weighted by atomic mass is 10.1. The van der Waals surface area contributed by atoms with Crippen molar-refractivity contribution in [3.63, 3.8) is 0 Å². The number of nitrogens with zero attached hydrogens (tertiary/aromatic N) is 2. The molecule has 1 N–H and O–H groups in total. The Morgan fingerprint density at radius 3 is 2.70 bits per heavy atom. The Bertz CT molecular complexity index is 744. The second-order valence-electron chi connectivity index (χ2n) is 4.60. The molecule has 2 aromatic rings. The third-order valence-corrected chi connectivity index (χ3v) is 3.07. The van der Waals surface area contributed by atoms with Gasteiger partial charge in [0.15, 0.2) is 0 Å². The number of hydrogen-bond acceptors (Lipinski definition) is 5. The third kappa shape index (κ3) is 4.37. The van der Waals surface area contributed by atoms with Crippen LogP contribution in [-0.4, -0.2) is 24.2 Å². The highest BCUT2D eigenvalue weighted by Crippen LogP contribution is 2.18. The molecule has 7 nitrogen and oxygen atoms in total. The summed E-state index contributed by atoms with van der Waals surface area (Å²) >= 11 is 0. The molecule has 23 heavy (non-hydrogen) atoms. The molecule has 0 fully saturated rings. The molecule has 0 aromatic heterocycles. The number of para-hydroxylation sites is 2. The number of nitrogens with one attached hydrogen (secondary N) is 1. The molecule has 1 amide bonds. The van der Waals surface area contributed by atoms with Crippen LogP contribution in [0, 0.1) is 10.1 Å². The monoisotopic (exact) mass is 313 g/mol.